The number of carbonyl (C=O) groups excluding carboxylic acids is 2. The van der Waals surface area contributed by atoms with Crippen LogP contribution in [-0.4, -0.2) is 23.5 Å². The van der Waals surface area contributed by atoms with Gasteiger partial charge in [-0.05, 0) is 67.4 Å². The predicted molar refractivity (Wildman–Crippen MR) is 137 cm³/mol. The first-order valence-electron chi connectivity index (χ1n) is 11.5. The summed E-state index contributed by atoms with van der Waals surface area (Å²) in [6, 6.07) is 22.9. The second-order valence-electron chi connectivity index (χ2n) is 8.83. The van der Waals surface area contributed by atoms with Crippen LogP contribution in [0, 0.1) is 13.8 Å². The summed E-state index contributed by atoms with van der Waals surface area (Å²) >= 11 is 0. The van der Waals surface area contributed by atoms with Gasteiger partial charge in [0.05, 0.1) is 19.3 Å². The van der Waals surface area contributed by atoms with Crippen LogP contribution in [0.25, 0.3) is 0 Å². The Bertz CT molecular complexity index is 1440. The van der Waals surface area contributed by atoms with E-state index in [9.17, 15) is 9.59 Å². The smallest absolute Gasteiger partial charge is 0.258 e. The van der Waals surface area contributed by atoms with E-state index in [-0.39, 0.29) is 11.8 Å². The fourth-order valence-electron chi connectivity index (χ4n) is 4.52. The normalized spacial score (nSPS) is 12.4. The molecule has 3 aromatic carbocycles. The molecule has 6 nitrogen and oxygen atoms in total. The molecule has 0 radical (unpaired) electrons. The molecule has 35 heavy (non-hydrogen) atoms. The molecule has 0 saturated carbocycles. The fourth-order valence-corrected chi connectivity index (χ4v) is 4.52. The summed E-state index contributed by atoms with van der Waals surface area (Å²) in [6.45, 7) is 5.04. The largest absolute Gasteiger partial charge is 0.495 e. The summed E-state index contributed by atoms with van der Waals surface area (Å²) in [5.41, 5.74) is 6.56. The van der Waals surface area contributed by atoms with Gasteiger partial charge in [-0.1, -0.05) is 35.9 Å². The van der Waals surface area contributed by atoms with E-state index in [4.69, 9.17) is 4.74 Å². The maximum Gasteiger partial charge on any atom is 0.258 e. The average Bonchev–Trinajstić information content (AvgIpc) is 3.24. The van der Waals surface area contributed by atoms with E-state index < -0.39 is 0 Å². The number of amides is 2. The quantitative estimate of drug-likeness (QED) is 0.428. The van der Waals surface area contributed by atoms with Crippen LogP contribution in [0.5, 0.6) is 5.75 Å². The Morgan fingerprint density at radius 2 is 1.74 bits per heavy atom. The molecule has 0 fully saturated rings. The zero-order valence-corrected chi connectivity index (χ0v) is 20.0. The van der Waals surface area contributed by atoms with E-state index in [0.717, 1.165) is 34.6 Å². The van der Waals surface area contributed by atoms with Crippen LogP contribution in [0.1, 0.15) is 43.1 Å². The molecule has 0 unspecified atom stereocenters. The summed E-state index contributed by atoms with van der Waals surface area (Å²) in [7, 11) is 1.53. The lowest BCUT2D eigenvalue weighted by atomic mass is 10.0. The van der Waals surface area contributed by atoms with Crippen molar-refractivity contribution >= 4 is 23.2 Å². The van der Waals surface area contributed by atoms with Crippen LogP contribution in [0.3, 0.4) is 0 Å². The van der Waals surface area contributed by atoms with Crippen molar-refractivity contribution in [1.29, 1.82) is 0 Å². The van der Waals surface area contributed by atoms with Crippen LogP contribution in [-0.2, 0) is 13.1 Å². The number of fused-ring (bicyclic) bond motifs is 2. The minimum absolute atomic E-state index is 0.127. The molecule has 0 saturated heterocycles. The number of benzene rings is 3. The van der Waals surface area contributed by atoms with E-state index >= 15 is 0 Å². The molecule has 1 N–H and O–H groups in total. The average molecular weight is 466 g/mol. The van der Waals surface area contributed by atoms with Crippen molar-refractivity contribution in [3.8, 4) is 5.75 Å². The number of anilines is 2. The first-order chi connectivity index (χ1) is 16.9. The first kappa shape index (κ1) is 22.5. The number of ether oxygens (including phenoxy) is 1. The zero-order valence-electron chi connectivity index (χ0n) is 20.0. The van der Waals surface area contributed by atoms with E-state index in [1.807, 2.05) is 68.6 Å². The minimum atomic E-state index is -0.217. The Morgan fingerprint density at radius 3 is 2.57 bits per heavy atom. The van der Waals surface area contributed by atoms with Crippen molar-refractivity contribution in [2.75, 3.05) is 17.3 Å². The van der Waals surface area contributed by atoms with E-state index in [1.165, 1.54) is 7.11 Å². The molecule has 4 aromatic rings. The predicted octanol–water partition coefficient (Wildman–Crippen LogP) is 5.57. The van der Waals surface area contributed by atoms with Gasteiger partial charge in [0.15, 0.2) is 0 Å². The Balaban J connectivity index is 1.45. The highest BCUT2D eigenvalue weighted by atomic mass is 16.5. The molecule has 5 rings (SSSR count). The lowest BCUT2D eigenvalue weighted by molar-refractivity contribution is 0.0983. The number of para-hydroxylation sites is 1. The van der Waals surface area contributed by atoms with E-state index in [2.05, 4.69) is 16.0 Å². The summed E-state index contributed by atoms with van der Waals surface area (Å²) in [6.07, 6.45) is 2.04. The summed E-state index contributed by atoms with van der Waals surface area (Å²) in [5, 5.41) is 2.93. The van der Waals surface area contributed by atoms with Gasteiger partial charge in [0.25, 0.3) is 11.8 Å². The van der Waals surface area contributed by atoms with Crippen molar-refractivity contribution in [2.45, 2.75) is 26.9 Å². The Kier molecular flexibility index (Phi) is 5.87. The molecular formula is C29H27N3O3. The number of nitrogens with one attached hydrogen (secondary N) is 1. The highest BCUT2D eigenvalue weighted by Crippen LogP contribution is 2.32. The number of nitrogens with zero attached hydrogens (tertiary/aromatic N) is 2. The molecule has 1 aromatic heterocycles. The van der Waals surface area contributed by atoms with Crippen molar-refractivity contribution in [3.05, 3.63) is 113 Å². The van der Waals surface area contributed by atoms with Crippen LogP contribution in [0.4, 0.5) is 11.4 Å². The summed E-state index contributed by atoms with van der Waals surface area (Å²) in [5.74, 6) is 0.0876. The molecule has 176 valence electrons. The number of rotatable bonds is 4. The minimum Gasteiger partial charge on any atom is -0.495 e. The Hall–Kier alpha value is -4.32. The second kappa shape index (κ2) is 9.14. The highest BCUT2D eigenvalue weighted by Gasteiger charge is 2.25. The molecule has 1 aliphatic rings. The van der Waals surface area contributed by atoms with Crippen LogP contribution >= 0.6 is 0 Å². The molecule has 0 atom stereocenters. The van der Waals surface area contributed by atoms with Crippen LogP contribution in [0.15, 0.2) is 79.0 Å². The third-order valence-corrected chi connectivity index (χ3v) is 6.45. The maximum absolute atomic E-state index is 13.7. The van der Waals surface area contributed by atoms with Gasteiger partial charge in [-0.3, -0.25) is 9.59 Å². The SMILES string of the molecule is COc1cc(C(=O)N2Cc3cccn3Cc3ccccc32)ccc1NC(=O)c1cc(C)ccc1C. The summed E-state index contributed by atoms with van der Waals surface area (Å²) in [4.78, 5) is 28.5. The van der Waals surface area contributed by atoms with Crippen LogP contribution in [0.2, 0.25) is 0 Å². The van der Waals surface area contributed by atoms with E-state index in [1.54, 1.807) is 23.1 Å². The molecule has 2 heterocycles. The number of carbonyl (C=O) groups is 2. The van der Waals surface area contributed by atoms with Gasteiger partial charge in [0.2, 0.25) is 0 Å². The fraction of sp³-hybridized carbons (Fsp3) is 0.172. The molecule has 6 heteroatoms. The first-order valence-corrected chi connectivity index (χ1v) is 11.5. The van der Waals surface area contributed by atoms with Gasteiger partial charge < -0.3 is 19.5 Å². The van der Waals surface area contributed by atoms with Gasteiger partial charge in [0, 0.05) is 35.2 Å². The molecule has 0 bridgehead atoms. The van der Waals surface area contributed by atoms with Gasteiger partial charge in [-0.15, -0.1) is 0 Å². The standard InChI is InChI=1S/C29H27N3O3/c1-19-10-11-20(2)24(15-19)28(33)30-25-13-12-21(16-27(25)35-3)29(34)32-18-23-8-6-14-31(23)17-22-7-4-5-9-26(22)32/h4-16H,17-18H2,1-3H3,(H,30,33). The second-order valence-corrected chi connectivity index (χ2v) is 8.83. The molecular weight excluding hydrogens is 438 g/mol. The van der Waals surface area contributed by atoms with Gasteiger partial charge in [-0.25, -0.2) is 0 Å². The molecule has 0 aliphatic carbocycles. The van der Waals surface area contributed by atoms with E-state index in [0.29, 0.717) is 29.1 Å². The number of hydrogen-bond acceptors (Lipinski definition) is 3. The lowest BCUT2D eigenvalue weighted by Crippen LogP contribution is -2.30. The highest BCUT2D eigenvalue weighted by molar-refractivity contribution is 6.09. The summed E-state index contributed by atoms with van der Waals surface area (Å²) < 4.78 is 7.73. The monoisotopic (exact) mass is 465 g/mol. The van der Waals surface area contributed by atoms with Crippen molar-refractivity contribution in [2.24, 2.45) is 0 Å². The maximum atomic E-state index is 13.7. The topological polar surface area (TPSA) is 63.6 Å². The van der Waals surface area contributed by atoms with Gasteiger partial charge in [-0.2, -0.15) is 0 Å². The molecule has 2 amide bonds. The number of hydrogen-bond donors (Lipinski definition) is 1. The van der Waals surface area contributed by atoms with Crippen molar-refractivity contribution < 1.29 is 14.3 Å². The Morgan fingerprint density at radius 1 is 0.914 bits per heavy atom. The van der Waals surface area contributed by atoms with Gasteiger partial charge in [0.1, 0.15) is 5.75 Å². The van der Waals surface area contributed by atoms with Crippen molar-refractivity contribution in [3.63, 3.8) is 0 Å². The van der Waals surface area contributed by atoms with Gasteiger partial charge >= 0.3 is 0 Å². The molecule has 0 spiro atoms. The van der Waals surface area contributed by atoms with Crippen LogP contribution < -0.4 is 15.0 Å². The molecule has 1 aliphatic heterocycles. The Labute approximate surface area is 204 Å². The third kappa shape index (κ3) is 4.30. The zero-order chi connectivity index (χ0) is 24.5. The lowest BCUT2D eigenvalue weighted by Gasteiger charge is -2.23. The number of aryl methyl sites for hydroxylation is 2. The van der Waals surface area contributed by atoms with Crippen molar-refractivity contribution in [1.82, 2.24) is 4.57 Å². The number of aromatic nitrogens is 1. The number of methoxy groups -OCH3 is 1. The third-order valence-electron chi connectivity index (χ3n) is 6.45.